The third kappa shape index (κ3) is 1.53. The van der Waals surface area contributed by atoms with E-state index in [1.165, 1.54) is 16.5 Å². The van der Waals surface area contributed by atoms with Crippen molar-refractivity contribution < 1.29 is 0 Å². The molecule has 17 heavy (non-hydrogen) atoms. The van der Waals surface area contributed by atoms with E-state index in [0.29, 0.717) is 0 Å². The molecule has 0 bridgehead atoms. The van der Waals surface area contributed by atoms with Crippen LogP contribution in [0.2, 0.25) is 0 Å². The molecular formula is C14H11BrN2. The summed E-state index contributed by atoms with van der Waals surface area (Å²) in [5, 5.41) is 2.33. The number of aryl methyl sites for hydroxylation is 2. The van der Waals surface area contributed by atoms with Crippen molar-refractivity contribution in [2.24, 2.45) is 0 Å². The Morgan fingerprint density at radius 3 is 2.47 bits per heavy atom. The number of nitrogens with zero attached hydrogens (tertiary/aromatic N) is 2. The molecule has 0 spiro atoms. The largest absolute Gasteiger partial charge is 0.254 e. The van der Waals surface area contributed by atoms with E-state index >= 15 is 0 Å². The van der Waals surface area contributed by atoms with Crippen LogP contribution >= 0.6 is 15.9 Å². The molecule has 3 rings (SSSR count). The van der Waals surface area contributed by atoms with Gasteiger partial charge < -0.3 is 0 Å². The van der Waals surface area contributed by atoms with E-state index in [1.54, 1.807) is 0 Å². The second-order valence-corrected chi connectivity index (χ2v) is 5.07. The Labute approximate surface area is 108 Å². The van der Waals surface area contributed by atoms with Gasteiger partial charge in [0.15, 0.2) is 0 Å². The second kappa shape index (κ2) is 3.77. The summed E-state index contributed by atoms with van der Waals surface area (Å²) in [5.74, 6) is 0. The summed E-state index contributed by atoms with van der Waals surface area (Å²) in [4.78, 5) is 8.96. The Hall–Kier alpha value is -1.48. The Kier molecular flexibility index (Phi) is 2.37. The normalized spacial score (nSPS) is 11.2. The standard InChI is InChI=1S/C14H11BrN2/c1-8-5-6-16-13-10(8)3-4-11-9(2)12(15)7-17-14(11)13/h3-7H,1-2H3. The lowest BCUT2D eigenvalue weighted by atomic mass is 10.0. The molecule has 0 aliphatic heterocycles. The highest BCUT2D eigenvalue weighted by Gasteiger charge is 2.08. The lowest BCUT2D eigenvalue weighted by molar-refractivity contribution is 1.32. The molecule has 0 amide bonds. The Morgan fingerprint density at radius 1 is 0.941 bits per heavy atom. The van der Waals surface area contributed by atoms with Crippen LogP contribution in [0.4, 0.5) is 0 Å². The Balaban J connectivity index is 2.58. The van der Waals surface area contributed by atoms with Gasteiger partial charge in [-0.25, -0.2) is 0 Å². The van der Waals surface area contributed by atoms with Gasteiger partial charge in [-0.3, -0.25) is 9.97 Å². The van der Waals surface area contributed by atoms with Gasteiger partial charge in [-0.05, 0) is 47.0 Å². The Morgan fingerprint density at radius 2 is 1.65 bits per heavy atom. The zero-order chi connectivity index (χ0) is 12.0. The minimum absolute atomic E-state index is 0.979. The van der Waals surface area contributed by atoms with Crippen molar-refractivity contribution in [2.75, 3.05) is 0 Å². The first kappa shape index (κ1) is 10.7. The molecule has 0 saturated heterocycles. The van der Waals surface area contributed by atoms with Gasteiger partial charge in [0.05, 0.1) is 11.0 Å². The van der Waals surface area contributed by atoms with Crippen molar-refractivity contribution in [2.45, 2.75) is 13.8 Å². The van der Waals surface area contributed by atoms with Crippen LogP contribution < -0.4 is 0 Å². The van der Waals surface area contributed by atoms with Gasteiger partial charge >= 0.3 is 0 Å². The number of pyridine rings is 2. The molecule has 0 aliphatic rings. The molecule has 0 saturated carbocycles. The Bertz CT molecular complexity index is 735. The zero-order valence-corrected chi connectivity index (χ0v) is 11.2. The maximum absolute atomic E-state index is 4.50. The van der Waals surface area contributed by atoms with Crippen LogP contribution in [0.3, 0.4) is 0 Å². The third-order valence-electron chi connectivity index (χ3n) is 3.17. The molecule has 1 aromatic carbocycles. The summed E-state index contributed by atoms with van der Waals surface area (Å²) >= 11 is 3.51. The molecule has 3 heteroatoms. The predicted molar refractivity (Wildman–Crippen MR) is 74.2 cm³/mol. The minimum Gasteiger partial charge on any atom is -0.254 e. The van der Waals surface area contributed by atoms with Crippen molar-refractivity contribution in [3.63, 3.8) is 0 Å². The third-order valence-corrected chi connectivity index (χ3v) is 3.97. The van der Waals surface area contributed by atoms with E-state index in [0.717, 1.165) is 20.9 Å². The van der Waals surface area contributed by atoms with Crippen LogP contribution in [0.25, 0.3) is 21.8 Å². The van der Waals surface area contributed by atoms with Gasteiger partial charge in [0.2, 0.25) is 0 Å². The lowest BCUT2D eigenvalue weighted by Crippen LogP contribution is -1.90. The van der Waals surface area contributed by atoms with Crippen LogP contribution in [-0.4, -0.2) is 9.97 Å². The number of fused-ring (bicyclic) bond motifs is 3. The molecule has 0 unspecified atom stereocenters. The summed E-state index contributed by atoms with van der Waals surface area (Å²) in [5.41, 5.74) is 4.41. The van der Waals surface area contributed by atoms with E-state index in [9.17, 15) is 0 Å². The van der Waals surface area contributed by atoms with Gasteiger partial charge in [0, 0.05) is 27.6 Å². The van der Waals surface area contributed by atoms with Gasteiger partial charge in [-0.2, -0.15) is 0 Å². The first-order valence-corrected chi connectivity index (χ1v) is 6.27. The molecule has 84 valence electrons. The maximum Gasteiger partial charge on any atom is 0.0968 e. The topological polar surface area (TPSA) is 25.8 Å². The fourth-order valence-corrected chi connectivity index (χ4v) is 2.44. The van der Waals surface area contributed by atoms with E-state index in [1.807, 2.05) is 18.5 Å². The smallest absolute Gasteiger partial charge is 0.0968 e. The van der Waals surface area contributed by atoms with Crippen molar-refractivity contribution in [1.29, 1.82) is 0 Å². The summed E-state index contributed by atoms with van der Waals surface area (Å²) in [6.45, 7) is 4.19. The van der Waals surface area contributed by atoms with Gasteiger partial charge in [-0.1, -0.05) is 12.1 Å². The molecule has 2 aromatic heterocycles. The van der Waals surface area contributed by atoms with Crippen LogP contribution in [0, 0.1) is 13.8 Å². The quantitative estimate of drug-likeness (QED) is 0.580. The minimum atomic E-state index is 0.979. The summed E-state index contributed by atoms with van der Waals surface area (Å²) < 4.78 is 1.04. The first-order valence-electron chi connectivity index (χ1n) is 5.47. The van der Waals surface area contributed by atoms with Gasteiger partial charge in [0.25, 0.3) is 0 Å². The molecule has 0 fully saturated rings. The number of benzene rings is 1. The van der Waals surface area contributed by atoms with Crippen LogP contribution in [0.5, 0.6) is 0 Å². The van der Waals surface area contributed by atoms with E-state index in [-0.39, 0.29) is 0 Å². The monoisotopic (exact) mass is 286 g/mol. The number of hydrogen-bond donors (Lipinski definition) is 0. The maximum atomic E-state index is 4.50. The molecule has 2 nitrogen and oxygen atoms in total. The highest BCUT2D eigenvalue weighted by atomic mass is 79.9. The first-order chi connectivity index (χ1) is 8.18. The fraction of sp³-hybridized carbons (Fsp3) is 0.143. The average molecular weight is 287 g/mol. The second-order valence-electron chi connectivity index (χ2n) is 4.22. The zero-order valence-electron chi connectivity index (χ0n) is 9.66. The van der Waals surface area contributed by atoms with Crippen molar-refractivity contribution in [3.05, 3.63) is 46.2 Å². The number of aromatic nitrogens is 2. The molecule has 0 atom stereocenters. The lowest BCUT2D eigenvalue weighted by Gasteiger charge is -2.07. The van der Waals surface area contributed by atoms with Crippen molar-refractivity contribution >= 4 is 37.7 Å². The van der Waals surface area contributed by atoms with Gasteiger partial charge in [0.1, 0.15) is 0 Å². The summed E-state index contributed by atoms with van der Waals surface area (Å²) in [6, 6.07) is 6.28. The van der Waals surface area contributed by atoms with Crippen LogP contribution in [0.1, 0.15) is 11.1 Å². The molecule has 0 radical (unpaired) electrons. The molecule has 0 N–H and O–H groups in total. The van der Waals surface area contributed by atoms with E-state index in [4.69, 9.17) is 0 Å². The SMILES string of the molecule is Cc1ccnc2c1ccc1c(C)c(Br)cnc12. The fourth-order valence-electron chi connectivity index (χ4n) is 2.12. The molecule has 2 heterocycles. The van der Waals surface area contributed by atoms with Crippen LogP contribution in [-0.2, 0) is 0 Å². The number of rotatable bonds is 0. The molecule has 3 aromatic rings. The van der Waals surface area contributed by atoms with E-state index in [2.05, 4.69) is 51.9 Å². The van der Waals surface area contributed by atoms with Crippen molar-refractivity contribution in [3.8, 4) is 0 Å². The van der Waals surface area contributed by atoms with Crippen LogP contribution in [0.15, 0.2) is 35.1 Å². The molecular weight excluding hydrogens is 276 g/mol. The van der Waals surface area contributed by atoms with E-state index < -0.39 is 0 Å². The van der Waals surface area contributed by atoms with Crippen molar-refractivity contribution in [1.82, 2.24) is 9.97 Å². The predicted octanol–water partition coefficient (Wildman–Crippen LogP) is 4.16. The summed E-state index contributed by atoms with van der Waals surface area (Å²) in [6.07, 6.45) is 3.69. The summed E-state index contributed by atoms with van der Waals surface area (Å²) in [7, 11) is 0. The number of halogens is 1. The highest BCUT2D eigenvalue weighted by molar-refractivity contribution is 9.10. The average Bonchev–Trinajstić information content (AvgIpc) is 2.34. The number of hydrogen-bond acceptors (Lipinski definition) is 2. The highest BCUT2D eigenvalue weighted by Crippen LogP contribution is 2.29. The van der Waals surface area contributed by atoms with Gasteiger partial charge in [-0.15, -0.1) is 0 Å². The molecule has 0 aliphatic carbocycles.